The molecule has 3 heterocycles. The molecule has 0 bridgehead atoms. The molecule has 4 heteroatoms. The molecule has 12 aromatic rings. The molecule has 0 unspecified atom stereocenters. The Bertz CT molecular complexity index is 3560. The van der Waals surface area contributed by atoms with E-state index in [1.807, 2.05) is 6.07 Å². The fraction of sp³-hybridized carbons (Fsp3) is 0. The predicted octanol–water partition coefficient (Wildman–Crippen LogP) is 14.0. The third-order valence-electron chi connectivity index (χ3n) is 11.7. The van der Waals surface area contributed by atoms with Crippen molar-refractivity contribution in [1.82, 2.24) is 19.1 Å². The molecule has 12 rings (SSSR count). The summed E-state index contributed by atoms with van der Waals surface area (Å²) in [5, 5.41) is 9.60. The molecule has 0 N–H and O–H groups in total. The zero-order chi connectivity index (χ0) is 38.2. The molecule has 0 aliphatic heterocycles. The van der Waals surface area contributed by atoms with Crippen LogP contribution in [0.2, 0.25) is 0 Å². The van der Waals surface area contributed by atoms with Crippen molar-refractivity contribution in [3.05, 3.63) is 206 Å². The number of rotatable bonds is 5. The van der Waals surface area contributed by atoms with Crippen molar-refractivity contribution in [2.24, 2.45) is 0 Å². The number of aromatic nitrogens is 4. The molecule has 0 amide bonds. The van der Waals surface area contributed by atoms with E-state index in [1.54, 1.807) is 0 Å². The number of hydrogen-bond acceptors (Lipinski definition) is 2. The lowest BCUT2D eigenvalue weighted by molar-refractivity contribution is 1.18. The van der Waals surface area contributed by atoms with Crippen molar-refractivity contribution in [2.45, 2.75) is 0 Å². The standard InChI is InChI=1S/C54H34N4/c1-3-15-36(16-4-1)47-34-48(39-27-26-35-14-7-8-17-37(35)32-39)56-54(55-47)45-23-13-18-38-33-41(28-29-42(38)45)57-50-25-12-10-22-46(50)52-51(57)31-30-44-43-21-9-11-24-49(43)58(53(44)52)40-19-5-2-6-20-40/h1-34H. The second-order valence-corrected chi connectivity index (χ2v) is 15.0. The van der Waals surface area contributed by atoms with Gasteiger partial charge >= 0.3 is 0 Å². The fourth-order valence-electron chi connectivity index (χ4n) is 9.06. The van der Waals surface area contributed by atoms with Crippen LogP contribution in [-0.4, -0.2) is 19.1 Å². The summed E-state index contributed by atoms with van der Waals surface area (Å²) in [6, 6.07) is 73.7. The number of nitrogens with zero attached hydrogens (tertiary/aromatic N) is 4. The van der Waals surface area contributed by atoms with E-state index in [-0.39, 0.29) is 0 Å². The van der Waals surface area contributed by atoms with Crippen LogP contribution in [0.5, 0.6) is 0 Å². The lowest BCUT2D eigenvalue weighted by Gasteiger charge is -2.13. The minimum Gasteiger partial charge on any atom is -0.309 e. The van der Waals surface area contributed by atoms with Crippen LogP contribution < -0.4 is 0 Å². The van der Waals surface area contributed by atoms with Gasteiger partial charge in [0.2, 0.25) is 0 Å². The van der Waals surface area contributed by atoms with E-state index < -0.39 is 0 Å². The third-order valence-corrected chi connectivity index (χ3v) is 11.7. The maximum absolute atomic E-state index is 5.27. The molecular formula is C54H34N4. The summed E-state index contributed by atoms with van der Waals surface area (Å²) in [6.45, 7) is 0. The van der Waals surface area contributed by atoms with E-state index in [1.165, 1.54) is 54.4 Å². The maximum Gasteiger partial charge on any atom is 0.161 e. The van der Waals surface area contributed by atoms with Gasteiger partial charge in [0, 0.05) is 49.6 Å². The molecule has 9 aromatic carbocycles. The summed E-state index contributed by atoms with van der Waals surface area (Å²) in [7, 11) is 0. The molecule has 0 atom stereocenters. The highest BCUT2D eigenvalue weighted by atomic mass is 15.0. The van der Waals surface area contributed by atoms with Crippen molar-refractivity contribution in [3.8, 4) is 45.3 Å². The van der Waals surface area contributed by atoms with Crippen LogP contribution >= 0.6 is 0 Å². The largest absolute Gasteiger partial charge is 0.309 e. The molecule has 0 spiro atoms. The SMILES string of the molecule is c1ccc(-c2cc(-c3ccc4ccccc4c3)nc(-c3cccc4cc(-n5c6ccccc6c6c5ccc5c7ccccc7n(-c7ccccc7)c56)ccc34)n2)cc1. The Labute approximate surface area is 334 Å². The van der Waals surface area contributed by atoms with Gasteiger partial charge in [0.15, 0.2) is 5.82 Å². The minimum atomic E-state index is 0.704. The fourth-order valence-corrected chi connectivity index (χ4v) is 9.06. The first-order valence-electron chi connectivity index (χ1n) is 19.7. The molecule has 0 aliphatic carbocycles. The molecule has 0 radical (unpaired) electrons. The van der Waals surface area contributed by atoms with Gasteiger partial charge in [-0.15, -0.1) is 0 Å². The molecule has 58 heavy (non-hydrogen) atoms. The molecule has 0 fully saturated rings. The topological polar surface area (TPSA) is 35.6 Å². The molecule has 3 aromatic heterocycles. The first-order valence-corrected chi connectivity index (χ1v) is 19.7. The van der Waals surface area contributed by atoms with E-state index in [9.17, 15) is 0 Å². The number of para-hydroxylation sites is 3. The Morgan fingerprint density at radius 2 is 0.983 bits per heavy atom. The lowest BCUT2D eigenvalue weighted by atomic mass is 10.0. The second-order valence-electron chi connectivity index (χ2n) is 15.0. The van der Waals surface area contributed by atoms with Crippen molar-refractivity contribution in [3.63, 3.8) is 0 Å². The van der Waals surface area contributed by atoms with Crippen LogP contribution in [0, 0.1) is 0 Å². The van der Waals surface area contributed by atoms with Crippen molar-refractivity contribution >= 4 is 65.2 Å². The van der Waals surface area contributed by atoms with Gasteiger partial charge in [0.1, 0.15) is 0 Å². The van der Waals surface area contributed by atoms with E-state index >= 15 is 0 Å². The van der Waals surface area contributed by atoms with Crippen molar-refractivity contribution in [2.75, 3.05) is 0 Å². The lowest BCUT2D eigenvalue weighted by Crippen LogP contribution is -1.98. The average Bonchev–Trinajstić information content (AvgIpc) is 3.82. The van der Waals surface area contributed by atoms with Crippen molar-refractivity contribution in [1.29, 1.82) is 0 Å². The highest BCUT2D eigenvalue weighted by Gasteiger charge is 2.21. The Kier molecular flexibility index (Phi) is 7.20. The van der Waals surface area contributed by atoms with Crippen LogP contribution in [0.25, 0.3) is 110 Å². The number of benzene rings is 9. The second kappa shape index (κ2) is 12.9. The summed E-state index contributed by atoms with van der Waals surface area (Å²) >= 11 is 0. The van der Waals surface area contributed by atoms with Crippen LogP contribution in [0.1, 0.15) is 0 Å². The summed E-state index contributed by atoms with van der Waals surface area (Å²) in [4.78, 5) is 10.5. The zero-order valence-electron chi connectivity index (χ0n) is 31.4. The highest BCUT2D eigenvalue weighted by molar-refractivity contribution is 6.26. The van der Waals surface area contributed by atoms with Crippen molar-refractivity contribution < 1.29 is 0 Å². The smallest absolute Gasteiger partial charge is 0.161 e. The first-order chi connectivity index (χ1) is 28.8. The quantitative estimate of drug-likeness (QED) is 0.176. The predicted molar refractivity (Wildman–Crippen MR) is 242 cm³/mol. The average molecular weight is 739 g/mol. The molecule has 0 saturated heterocycles. The Hall–Kier alpha value is -7.82. The molecule has 0 aliphatic rings. The summed E-state index contributed by atoms with van der Waals surface area (Å²) in [6.07, 6.45) is 0. The molecule has 0 saturated carbocycles. The molecule has 4 nitrogen and oxygen atoms in total. The van der Waals surface area contributed by atoms with Gasteiger partial charge in [-0.1, -0.05) is 152 Å². The third kappa shape index (κ3) is 5.02. The highest BCUT2D eigenvalue weighted by Crippen LogP contribution is 2.42. The van der Waals surface area contributed by atoms with Crippen LogP contribution in [0.15, 0.2) is 206 Å². The Morgan fingerprint density at radius 3 is 1.81 bits per heavy atom. The maximum atomic E-state index is 5.27. The molecular weight excluding hydrogens is 705 g/mol. The van der Waals surface area contributed by atoms with Gasteiger partial charge in [-0.05, 0) is 76.1 Å². The monoisotopic (exact) mass is 738 g/mol. The first kappa shape index (κ1) is 32.4. The molecule has 270 valence electrons. The van der Waals surface area contributed by atoms with E-state index in [0.717, 1.165) is 50.2 Å². The summed E-state index contributed by atoms with van der Waals surface area (Å²) in [5.74, 6) is 0.704. The van der Waals surface area contributed by atoms with Gasteiger partial charge in [0.25, 0.3) is 0 Å². The van der Waals surface area contributed by atoms with Gasteiger partial charge < -0.3 is 9.13 Å². The van der Waals surface area contributed by atoms with Gasteiger partial charge in [-0.25, -0.2) is 9.97 Å². The normalized spacial score (nSPS) is 11.8. The van der Waals surface area contributed by atoms with Crippen LogP contribution in [-0.2, 0) is 0 Å². The summed E-state index contributed by atoms with van der Waals surface area (Å²) in [5.41, 5.74) is 11.9. The van der Waals surface area contributed by atoms with Crippen LogP contribution in [0.4, 0.5) is 0 Å². The van der Waals surface area contributed by atoms with Gasteiger partial charge in [-0.3, -0.25) is 0 Å². The Morgan fingerprint density at radius 1 is 0.328 bits per heavy atom. The van der Waals surface area contributed by atoms with E-state index in [0.29, 0.717) is 5.82 Å². The minimum absolute atomic E-state index is 0.704. The Balaban J connectivity index is 1.07. The summed E-state index contributed by atoms with van der Waals surface area (Å²) < 4.78 is 4.86. The number of fused-ring (bicyclic) bond motifs is 9. The zero-order valence-corrected chi connectivity index (χ0v) is 31.4. The van der Waals surface area contributed by atoms with E-state index in [2.05, 4.69) is 209 Å². The van der Waals surface area contributed by atoms with Gasteiger partial charge in [0.05, 0.1) is 33.5 Å². The van der Waals surface area contributed by atoms with Crippen LogP contribution in [0.3, 0.4) is 0 Å². The number of hydrogen-bond donors (Lipinski definition) is 0. The van der Waals surface area contributed by atoms with Gasteiger partial charge in [-0.2, -0.15) is 0 Å². The van der Waals surface area contributed by atoms with E-state index in [4.69, 9.17) is 9.97 Å².